The number of anilines is 1. The smallest absolute Gasteiger partial charge is 0.236 e. The van der Waals surface area contributed by atoms with E-state index >= 15 is 0 Å². The van der Waals surface area contributed by atoms with Crippen LogP contribution in [-0.4, -0.2) is 29.0 Å². The average Bonchev–Trinajstić information content (AvgIpc) is 2.26. The fourth-order valence-corrected chi connectivity index (χ4v) is 1.16. The maximum Gasteiger partial charge on any atom is 0.236 e. The summed E-state index contributed by atoms with van der Waals surface area (Å²) < 4.78 is 0. The molecule has 1 rings (SSSR count). The first-order valence-electron chi connectivity index (χ1n) is 4.71. The molecule has 1 amide bonds. The number of rotatable bonds is 5. The quantitative estimate of drug-likeness (QED) is 0.664. The summed E-state index contributed by atoms with van der Waals surface area (Å²) in [5.41, 5.74) is 11.2. The Labute approximate surface area is 88.3 Å². The number of hydrogen-bond acceptors (Lipinski definition) is 5. The van der Waals surface area contributed by atoms with E-state index in [0.29, 0.717) is 24.6 Å². The molecule has 0 spiro atoms. The van der Waals surface area contributed by atoms with Gasteiger partial charge in [-0.05, 0) is 6.92 Å². The van der Waals surface area contributed by atoms with Crippen LogP contribution in [0.15, 0.2) is 12.4 Å². The number of carbonyl (C=O) groups excluding carboxylic acids is 1. The zero-order chi connectivity index (χ0) is 11.3. The van der Waals surface area contributed by atoms with Crippen molar-refractivity contribution in [3.8, 4) is 0 Å². The predicted molar refractivity (Wildman–Crippen MR) is 57.0 cm³/mol. The van der Waals surface area contributed by atoms with Crippen LogP contribution in [0.4, 0.5) is 5.82 Å². The zero-order valence-electron chi connectivity index (χ0n) is 8.68. The second kappa shape index (κ2) is 5.26. The molecule has 0 aliphatic rings. The molecule has 82 valence electrons. The number of primary amides is 1. The Hall–Kier alpha value is -1.69. The van der Waals surface area contributed by atoms with E-state index in [1.165, 1.54) is 0 Å². The second-order valence-electron chi connectivity index (χ2n) is 3.05. The lowest BCUT2D eigenvalue weighted by molar-refractivity contribution is -0.116. The highest BCUT2D eigenvalue weighted by atomic mass is 16.1. The van der Waals surface area contributed by atoms with Gasteiger partial charge in [0.2, 0.25) is 5.91 Å². The number of nitrogens with two attached hydrogens (primary N) is 2. The van der Waals surface area contributed by atoms with Crippen molar-refractivity contribution in [3.63, 3.8) is 0 Å². The van der Waals surface area contributed by atoms with E-state index in [2.05, 4.69) is 9.97 Å². The van der Waals surface area contributed by atoms with Gasteiger partial charge < -0.3 is 16.4 Å². The minimum Gasteiger partial charge on any atom is -0.368 e. The molecule has 0 atom stereocenters. The molecule has 0 unspecified atom stereocenters. The number of carbonyl (C=O) groups is 1. The molecule has 0 bridgehead atoms. The normalized spacial score (nSPS) is 10.0. The van der Waals surface area contributed by atoms with Gasteiger partial charge in [-0.1, -0.05) is 0 Å². The Morgan fingerprint density at radius 3 is 2.60 bits per heavy atom. The van der Waals surface area contributed by atoms with Crippen LogP contribution in [-0.2, 0) is 11.3 Å². The van der Waals surface area contributed by atoms with Gasteiger partial charge in [-0.2, -0.15) is 0 Å². The van der Waals surface area contributed by atoms with Crippen LogP contribution in [0.1, 0.15) is 12.6 Å². The Balaban J connectivity index is 2.78. The number of aromatic nitrogens is 2. The molecule has 6 nitrogen and oxygen atoms in total. The van der Waals surface area contributed by atoms with Gasteiger partial charge in [-0.25, -0.2) is 4.98 Å². The van der Waals surface area contributed by atoms with Crippen LogP contribution in [0.3, 0.4) is 0 Å². The highest BCUT2D eigenvalue weighted by Gasteiger charge is 2.08. The van der Waals surface area contributed by atoms with Crippen LogP contribution in [0.2, 0.25) is 0 Å². The Morgan fingerprint density at radius 2 is 2.20 bits per heavy atom. The third kappa shape index (κ3) is 3.17. The third-order valence-electron chi connectivity index (χ3n) is 1.95. The van der Waals surface area contributed by atoms with E-state index in [1.54, 1.807) is 17.3 Å². The molecular formula is C9H15N5O. The van der Waals surface area contributed by atoms with Crippen LogP contribution >= 0.6 is 0 Å². The van der Waals surface area contributed by atoms with Crippen molar-refractivity contribution in [2.75, 3.05) is 18.0 Å². The standard InChI is InChI=1S/C9H15N5O/c1-2-14(6-8(11)15)9-5-12-7(3-10)4-13-9/h4-5H,2-3,6,10H2,1H3,(H2,11,15). The van der Waals surface area contributed by atoms with Crippen molar-refractivity contribution in [2.24, 2.45) is 11.5 Å². The zero-order valence-corrected chi connectivity index (χ0v) is 8.68. The van der Waals surface area contributed by atoms with Crippen molar-refractivity contribution in [3.05, 3.63) is 18.1 Å². The number of hydrogen-bond donors (Lipinski definition) is 2. The summed E-state index contributed by atoms with van der Waals surface area (Å²) in [4.78, 5) is 20.8. The minimum atomic E-state index is -0.387. The van der Waals surface area contributed by atoms with Crippen molar-refractivity contribution in [1.82, 2.24) is 9.97 Å². The molecule has 15 heavy (non-hydrogen) atoms. The fraction of sp³-hybridized carbons (Fsp3) is 0.444. The van der Waals surface area contributed by atoms with E-state index in [-0.39, 0.29) is 12.5 Å². The molecule has 1 heterocycles. The lowest BCUT2D eigenvalue weighted by Crippen LogP contribution is -2.34. The summed E-state index contributed by atoms with van der Waals surface area (Å²) in [6.07, 6.45) is 3.19. The number of nitrogens with zero attached hydrogens (tertiary/aromatic N) is 3. The summed E-state index contributed by atoms with van der Waals surface area (Å²) >= 11 is 0. The van der Waals surface area contributed by atoms with Gasteiger partial charge in [-0.3, -0.25) is 9.78 Å². The van der Waals surface area contributed by atoms with Crippen LogP contribution < -0.4 is 16.4 Å². The van der Waals surface area contributed by atoms with Crippen molar-refractivity contribution >= 4 is 11.7 Å². The molecule has 4 N–H and O–H groups in total. The minimum absolute atomic E-state index is 0.146. The molecule has 0 saturated carbocycles. The summed E-state index contributed by atoms with van der Waals surface area (Å²) in [5, 5.41) is 0. The first-order chi connectivity index (χ1) is 7.17. The summed E-state index contributed by atoms with van der Waals surface area (Å²) in [5.74, 6) is 0.245. The summed E-state index contributed by atoms with van der Waals surface area (Å²) in [7, 11) is 0. The molecular weight excluding hydrogens is 194 g/mol. The molecule has 0 saturated heterocycles. The largest absolute Gasteiger partial charge is 0.368 e. The van der Waals surface area contributed by atoms with Crippen LogP contribution in [0, 0.1) is 0 Å². The summed E-state index contributed by atoms with van der Waals surface area (Å²) in [6.45, 7) is 3.07. The van der Waals surface area contributed by atoms with Gasteiger partial charge in [0.1, 0.15) is 5.82 Å². The lowest BCUT2D eigenvalue weighted by Gasteiger charge is -2.19. The van der Waals surface area contributed by atoms with E-state index in [1.807, 2.05) is 6.92 Å². The van der Waals surface area contributed by atoms with Crippen LogP contribution in [0.5, 0.6) is 0 Å². The molecule has 1 aromatic rings. The molecule has 1 aromatic heterocycles. The highest BCUT2D eigenvalue weighted by Crippen LogP contribution is 2.07. The van der Waals surface area contributed by atoms with Crippen molar-refractivity contribution < 1.29 is 4.79 Å². The van der Waals surface area contributed by atoms with Crippen LogP contribution in [0.25, 0.3) is 0 Å². The van der Waals surface area contributed by atoms with Gasteiger partial charge >= 0.3 is 0 Å². The SMILES string of the molecule is CCN(CC(N)=O)c1cnc(CN)cn1. The number of amides is 1. The van der Waals surface area contributed by atoms with Gasteiger partial charge in [-0.15, -0.1) is 0 Å². The van der Waals surface area contributed by atoms with Crippen molar-refractivity contribution in [1.29, 1.82) is 0 Å². The van der Waals surface area contributed by atoms with E-state index < -0.39 is 0 Å². The molecule has 0 aliphatic heterocycles. The molecule has 0 aromatic carbocycles. The first-order valence-corrected chi connectivity index (χ1v) is 4.71. The maximum absolute atomic E-state index is 10.8. The van der Waals surface area contributed by atoms with Gasteiger partial charge in [0.25, 0.3) is 0 Å². The average molecular weight is 209 g/mol. The van der Waals surface area contributed by atoms with E-state index in [9.17, 15) is 4.79 Å². The van der Waals surface area contributed by atoms with E-state index in [4.69, 9.17) is 11.5 Å². The Kier molecular flexibility index (Phi) is 3.99. The topological polar surface area (TPSA) is 98.1 Å². The van der Waals surface area contributed by atoms with Gasteiger partial charge in [0.05, 0.1) is 24.6 Å². The maximum atomic E-state index is 10.8. The lowest BCUT2D eigenvalue weighted by atomic mass is 10.4. The van der Waals surface area contributed by atoms with Gasteiger partial charge in [0.15, 0.2) is 0 Å². The summed E-state index contributed by atoms with van der Waals surface area (Å²) in [6, 6.07) is 0. The van der Waals surface area contributed by atoms with Crippen molar-refractivity contribution in [2.45, 2.75) is 13.5 Å². The highest BCUT2D eigenvalue weighted by molar-refractivity contribution is 5.79. The monoisotopic (exact) mass is 209 g/mol. The molecule has 6 heteroatoms. The predicted octanol–water partition coefficient (Wildman–Crippen LogP) is -0.753. The fourth-order valence-electron chi connectivity index (χ4n) is 1.16. The molecule has 0 radical (unpaired) electrons. The first kappa shape index (κ1) is 11.4. The Bertz CT molecular complexity index is 324. The third-order valence-corrected chi connectivity index (χ3v) is 1.95. The van der Waals surface area contributed by atoms with E-state index in [0.717, 1.165) is 0 Å². The molecule has 0 fully saturated rings. The Morgan fingerprint density at radius 1 is 1.47 bits per heavy atom. The molecule has 0 aliphatic carbocycles. The second-order valence-corrected chi connectivity index (χ2v) is 3.05. The van der Waals surface area contributed by atoms with Gasteiger partial charge in [0, 0.05) is 13.1 Å². The number of likely N-dealkylation sites (N-methyl/N-ethyl adjacent to an activating group) is 1.